The van der Waals surface area contributed by atoms with Crippen LogP contribution < -0.4 is 20.1 Å². The van der Waals surface area contributed by atoms with Gasteiger partial charge < -0.3 is 20.1 Å². The summed E-state index contributed by atoms with van der Waals surface area (Å²) in [5, 5.41) is 1.11. The molecule has 5 nitrogen and oxygen atoms in total. The lowest BCUT2D eigenvalue weighted by Gasteiger charge is -2.41. The fraction of sp³-hybridized carbons (Fsp3) is 0.550. The molecule has 2 heterocycles. The van der Waals surface area contributed by atoms with Crippen LogP contribution in [0.5, 0.6) is 11.5 Å². The molecule has 0 aliphatic carbocycles. The zero-order valence-corrected chi connectivity index (χ0v) is 15.7. The average Bonchev–Trinajstić information content (AvgIpc) is 2.66. The number of hydrogen-bond acceptors (Lipinski definition) is 5. The van der Waals surface area contributed by atoms with Gasteiger partial charge >= 0.3 is 0 Å². The van der Waals surface area contributed by atoms with Crippen LogP contribution in [0.3, 0.4) is 0 Å². The minimum absolute atomic E-state index is 0.211. The first-order valence-corrected chi connectivity index (χ1v) is 8.96. The van der Waals surface area contributed by atoms with Crippen molar-refractivity contribution in [2.24, 2.45) is 17.1 Å². The number of ether oxygens (including phenoxy) is 2. The van der Waals surface area contributed by atoms with E-state index in [0.29, 0.717) is 11.7 Å². The third-order valence-corrected chi connectivity index (χ3v) is 5.69. The zero-order valence-electron chi connectivity index (χ0n) is 15.7. The van der Waals surface area contributed by atoms with Crippen molar-refractivity contribution in [3.8, 4) is 11.5 Å². The maximum absolute atomic E-state index is 5.97. The van der Waals surface area contributed by atoms with Gasteiger partial charge in [0, 0.05) is 36.4 Å². The third-order valence-electron chi connectivity index (χ3n) is 5.69. The Kier molecular flexibility index (Phi) is 5.04. The molecule has 0 unspecified atom stereocenters. The highest BCUT2D eigenvalue weighted by atomic mass is 16.5. The molecule has 0 amide bonds. The number of fused-ring (bicyclic) bond motifs is 1. The standard InChI is InChI=1S/C20H29N3O2/c1-20(2,13-21)14-6-9-23(10-7-14)17-5-8-22-16-12-19(25-4)18(24-3)11-15(16)17/h5,8,11-12,14H,6-7,9-10,13,21H2,1-4H3. The summed E-state index contributed by atoms with van der Waals surface area (Å²) in [6.45, 7) is 7.40. The third kappa shape index (κ3) is 3.38. The van der Waals surface area contributed by atoms with Crippen molar-refractivity contribution in [2.45, 2.75) is 26.7 Å². The Morgan fingerprint density at radius 2 is 1.80 bits per heavy atom. The molecule has 136 valence electrons. The summed E-state index contributed by atoms with van der Waals surface area (Å²) in [5.74, 6) is 2.13. The van der Waals surface area contributed by atoms with E-state index in [1.807, 2.05) is 18.3 Å². The van der Waals surface area contributed by atoms with E-state index >= 15 is 0 Å². The van der Waals surface area contributed by atoms with E-state index in [1.165, 1.54) is 18.5 Å². The molecule has 1 aliphatic heterocycles. The summed E-state index contributed by atoms with van der Waals surface area (Å²) in [6, 6.07) is 6.08. The van der Waals surface area contributed by atoms with Crippen molar-refractivity contribution in [3.05, 3.63) is 24.4 Å². The summed E-state index contributed by atoms with van der Waals surface area (Å²) in [4.78, 5) is 6.97. The van der Waals surface area contributed by atoms with Crippen LogP contribution >= 0.6 is 0 Å². The van der Waals surface area contributed by atoms with Gasteiger partial charge in [0.1, 0.15) is 0 Å². The zero-order chi connectivity index (χ0) is 18.0. The van der Waals surface area contributed by atoms with Gasteiger partial charge in [-0.15, -0.1) is 0 Å². The van der Waals surface area contributed by atoms with Crippen molar-refractivity contribution in [3.63, 3.8) is 0 Å². The van der Waals surface area contributed by atoms with Gasteiger partial charge in [-0.25, -0.2) is 0 Å². The second-order valence-electron chi connectivity index (χ2n) is 7.51. The van der Waals surface area contributed by atoms with E-state index in [4.69, 9.17) is 15.2 Å². The maximum Gasteiger partial charge on any atom is 0.162 e. The molecule has 2 N–H and O–H groups in total. The van der Waals surface area contributed by atoms with Crippen molar-refractivity contribution in [1.82, 2.24) is 4.98 Å². The molecular weight excluding hydrogens is 314 g/mol. The second kappa shape index (κ2) is 7.08. The molecule has 5 heteroatoms. The van der Waals surface area contributed by atoms with Gasteiger partial charge in [0.05, 0.1) is 19.7 Å². The van der Waals surface area contributed by atoms with E-state index in [2.05, 4.69) is 29.8 Å². The molecule has 25 heavy (non-hydrogen) atoms. The largest absolute Gasteiger partial charge is 0.493 e. The predicted molar refractivity (Wildman–Crippen MR) is 103 cm³/mol. The molecule has 1 fully saturated rings. The van der Waals surface area contributed by atoms with Crippen molar-refractivity contribution < 1.29 is 9.47 Å². The van der Waals surface area contributed by atoms with Gasteiger partial charge in [-0.05, 0) is 42.9 Å². The SMILES string of the molecule is COc1cc2nccc(N3CCC(C(C)(C)CN)CC3)c2cc1OC. The Hall–Kier alpha value is -2.01. The minimum Gasteiger partial charge on any atom is -0.493 e. The van der Waals surface area contributed by atoms with E-state index in [-0.39, 0.29) is 5.41 Å². The van der Waals surface area contributed by atoms with Crippen LogP contribution in [0.4, 0.5) is 5.69 Å². The fourth-order valence-corrected chi connectivity index (χ4v) is 3.80. The molecule has 0 atom stereocenters. The van der Waals surface area contributed by atoms with Crippen LogP contribution in [0.25, 0.3) is 10.9 Å². The van der Waals surface area contributed by atoms with Crippen molar-refractivity contribution in [1.29, 1.82) is 0 Å². The summed E-state index contributed by atoms with van der Waals surface area (Å²) >= 11 is 0. The first kappa shape index (κ1) is 17.8. The first-order chi connectivity index (χ1) is 12.0. The quantitative estimate of drug-likeness (QED) is 0.901. The first-order valence-electron chi connectivity index (χ1n) is 8.96. The Bertz CT molecular complexity index is 737. The number of anilines is 1. The van der Waals surface area contributed by atoms with E-state index < -0.39 is 0 Å². The summed E-state index contributed by atoms with van der Waals surface area (Å²) in [6.07, 6.45) is 4.21. The van der Waals surface area contributed by atoms with Crippen LogP contribution in [0, 0.1) is 11.3 Å². The maximum atomic E-state index is 5.97. The van der Waals surface area contributed by atoms with E-state index in [0.717, 1.165) is 36.3 Å². The minimum atomic E-state index is 0.211. The molecule has 1 aliphatic rings. The van der Waals surface area contributed by atoms with Crippen LogP contribution in [0.1, 0.15) is 26.7 Å². The Morgan fingerprint density at radius 1 is 1.16 bits per heavy atom. The van der Waals surface area contributed by atoms with Gasteiger partial charge in [-0.2, -0.15) is 0 Å². The smallest absolute Gasteiger partial charge is 0.162 e. The molecule has 3 rings (SSSR count). The topological polar surface area (TPSA) is 60.6 Å². The van der Waals surface area contributed by atoms with Gasteiger partial charge in [0.15, 0.2) is 11.5 Å². The van der Waals surface area contributed by atoms with E-state index in [1.54, 1.807) is 14.2 Å². The van der Waals surface area contributed by atoms with Gasteiger partial charge in [-0.1, -0.05) is 13.8 Å². The summed E-state index contributed by atoms with van der Waals surface area (Å²) < 4.78 is 10.9. The van der Waals surface area contributed by atoms with Gasteiger partial charge in [-0.3, -0.25) is 4.98 Å². The number of rotatable bonds is 5. The van der Waals surface area contributed by atoms with Crippen LogP contribution in [0.2, 0.25) is 0 Å². The number of hydrogen-bond donors (Lipinski definition) is 1. The van der Waals surface area contributed by atoms with Crippen molar-refractivity contribution >= 4 is 16.6 Å². The van der Waals surface area contributed by atoms with Gasteiger partial charge in [0.25, 0.3) is 0 Å². The summed E-state index contributed by atoms with van der Waals surface area (Å²) in [5.41, 5.74) is 8.33. The number of aromatic nitrogens is 1. The number of methoxy groups -OCH3 is 2. The molecule has 0 radical (unpaired) electrons. The highest BCUT2D eigenvalue weighted by molar-refractivity contribution is 5.94. The summed E-state index contributed by atoms with van der Waals surface area (Å²) in [7, 11) is 3.32. The fourth-order valence-electron chi connectivity index (χ4n) is 3.80. The molecule has 1 aromatic carbocycles. The molecule has 0 bridgehead atoms. The van der Waals surface area contributed by atoms with Crippen LogP contribution in [-0.2, 0) is 0 Å². The Balaban J connectivity index is 1.90. The van der Waals surface area contributed by atoms with Gasteiger partial charge in [0.2, 0.25) is 0 Å². The lowest BCUT2D eigenvalue weighted by Crippen LogP contribution is -2.41. The monoisotopic (exact) mass is 343 g/mol. The molecular formula is C20H29N3O2. The number of nitrogens with zero attached hydrogens (tertiary/aromatic N) is 2. The average molecular weight is 343 g/mol. The van der Waals surface area contributed by atoms with Crippen LogP contribution in [0.15, 0.2) is 24.4 Å². The number of benzene rings is 1. The second-order valence-corrected chi connectivity index (χ2v) is 7.51. The van der Waals surface area contributed by atoms with Crippen LogP contribution in [-0.4, -0.2) is 38.8 Å². The molecule has 2 aromatic rings. The molecule has 0 saturated carbocycles. The van der Waals surface area contributed by atoms with E-state index in [9.17, 15) is 0 Å². The number of piperidine rings is 1. The molecule has 0 spiro atoms. The lowest BCUT2D eigenvalue weighted by atomic mass is 9.73. The Morgan fingerprint density at radius 3 is 2.40 bits per heavy atom. The van der Waals surface area contributed by atoms with Crippen molar-refractivity contribution in [2.75, 3.05) is 38.8 Å². The normalized spacial score (nSPS) is 16.3. The highest BCUT2D eigenvalue weighted by Gasteiger charge is 2.31. The Labute approximate surface area is 150 Å². The number of pyridine rings is 1. The molecule has 1 saturated heterocycles. The molecule has 1 aromatic heterocycles. The highest BCUT2D eigenvalue weighted by Crippen LogP contribution is 2.39. The predicted octanol–water partition coefficient (Wildman–Crippen LogP) is 3.45. The lowest BCUT2D eigenvalue weighted by molar-refractivity contribution is 0.184. The number of nitrogens with two attached hydrogens (primary N) is 1.